The molecule has 0 aromatic carbocycles. The van der Waals surface area contributed by atoms with Crippen LogP contribution in [0.3, 0.4) is 0 Å². The molecular formula is C35H51NO5S. The first-order valence-electron chi connectivity index (χ1n) is 16.2. The molecule has 3 N–H and O–H groups in total. The first-order chi connectivity index (χ1) is 20.0. The van der Waals surface area contributed by atoms with Crippen LogP contribution in [-0.2, 0) is 14.9 Å². The lowest BCUT2D eigenvalue weighted by Gasteiger charge is -2.44. The third kappa shape index (κ3) is 6.22. The molecule has 1 aromatic heterocycles. The van der Waals surface area contributed by atoms with E-state index in [2.05, 4.69) is 38.0 Å². The van der Waals surface area contributed by atoms with Gasteiger partial charge in [-0.3, -0.25) is 4.79 Å². The van der Waals surface area contributed by atoms with Crippen molar-refractivity contribution in [3.05, 3.63) is 51.5 Å². The number of carbonyl (C=O) groups excluding carboxylic acids is 1. The summed E-state index contributed by atoms with van der Waals surface area (Å²) < 4.78 is 6.18. The van der Waals surface area contributed by atoms with E-state index in [0.717, 1.165) is 54.0 Å². The molecule has 0 aliphatic heterocycles. The van der Waals surface area contributed by atoms with Crippen molar-refractivity contribution in [3.8, 4) is 0 Å². The summed E-state index contributed by atoms with van der Waals surface area (Å²) in [6.45, 7) is 12.5. The van der Waals surface area contributed by atoms with Gasteiger partial charge in [-0.05, 0) is 112 Å². The number of aliphatic hydroxyl groups is 3. The van der Waals surface area contributed by atoms with Gasteiger partial charge in [0.25, 0.3) is 0 Å². The summed E-state index contributed by atoms with van der Waals surface area (Å²) in [5.41, 5.74) is 4.32. The number of aliphatic hydroxyl groups excluding tert-OH is 3. The summed E-state index contributed by atoms with van der Waals surface area (Å²) in [7, 11) is 0. The van der Waals surface area contributed by atoms with E-state index in [4.69, 9.17) is 9.72 Å². The minimum Gasteiger partial charge on any atom is -0.461 e. The molecule has 1 aromatic rings. The fourth-order valence-corrected chi connectivity index (χ4v) is 9.57. The average Bonchev–Trinajstić information content (AvgIpc) is 3.51. The number of aryl methyl sites for hydroxylation is 1. The number of esters is 1. The Kier molecular flexibility index (Phi) is 9.54. The minimum atomic E-state index is -0.656. The molecule has 0 saturated heterocycles. The lowest BCUT2D eigenvalue weighted by Crippen LogP contribution is -2.37. The molecule has 5 rings (SSSR count). The normalized spacial score (nSPS) is 34.7. The summed E-state index contributed by atoms with van der Waals surface area (Å²) in [6, 6.07) is 0. The van der Waals surface area contributed by atoms with Crippen LogP contribution < -0.4 is 0 Å². The molecule has 4 aliphatic carbocycles. The zero-order valence-corrected chi connectivity index (χ0v) is 26.8. The highest BCUT2D eigenvalue weighted by atomic mass is 32.1. The molecule has 232 valence electrons. The molecule has 1 unspecified atom stereocenters. The van der Waals surface area contributed by atoms with Gasteiger partial charge in [0.2, 0.25) is 0 Å². The van der Waals surface area contributed by atoms with Gasteiger partial charge in [0, 0.05) is 17.5 Å². The Bertz CT molecular complexity index is 1210. The Morgan fingerprint density at radius 3 is 2.64 bits per heavy atom. The van der Waals surface area contributed by atoms with Crippen LogP contribution in [0.15, 0.2) is 40.8 Å². The van der Waals surface area contributed by atoms with Crippen LogP contribution in [0, 0.1) is 36.0 Å². The van der Waals surface area contributed by atoms with Gasteiger partial charge in [0.05, 0.1) is 30.1 Å². The van der Waals surface area contributed by atoms with Crippen molar-refractivity contribution in [3.63, 3.8) is 0 Å². The number of thiazole rings is 1. The Morgan fingerprint density at radius 2 is 1.98 bits per heavy atom. The van der Waals surface area contributed by atoms with E-state index in [-0.39, 0.29) is 29.5 Å². The lowest BCUT2D eigenvalue weighted by atomic mass is 9.60. The van der Waals surface area contributed by atoms with E-state index in [9.17, 15) is 20.1 Å². The lowest BCUT2D eigenvalue weighted by molar-refractivity contribution is -0.157. The third-order valence-electron chi connectivity index (χ3n) is 11.3. The first-order valence-corrected chi connectivity index (χ1v) is 17.1. The number of carbonyl (C=O) groups is 1. The van der Waals surface area contributed by atoms with E-state index >= 15 is 0 Å². The second-order valence-electron chi connectivity index (χ2n) is 14.2. The van der Waals surface area contributed by atoms with Crippen LogP contribution in [0.5, 0.6) is 0 Å². The van der Waals surface area contributed by atoms with Crippen LogP contribution in [0.4, 0.5) is 0 Å². The fraction of sp³-hybridized carbons (Fsp3) is 0.714. The van der Waals surface area contributed by atoms with Gasteiger partial charge >= 0.3 is 5.97 Å². The monoisotopic (exact) mass is 597 g/mol. The van der Waals surface area contributed by atoms with Crippen LogP contribution in [0.25, 0.3) is 0 Å². The highest BCUT2D eigenvalue weighted by Gasteiger charge is 2.56. The molecule has 8 atom stereocenters. The number of rotatable bonds is 10. The van der Waals surface area contributed by atoms with Crippen molar-refractivity contribution >= 4 is 17.3 Å². The van der Waals surface area contributed by atoms with Crippen molar-refractivity contribution in [2.75, 3.05) is 6.61 Å². The van der Waals surface area contributed by atoms with Crippen molar-refractivity contribution in [2.24, 2.45) is 29.1 Å². The zero-order chi connectivity index (χ0) is 30.2. The number of aromatic nitrogens is 1. The van der Waals surface area contributed by atoms with Gasteiger partial charge in [-0.1, -0.05) is 38.2 Å². The summed E-state index contributed by atoms with van der Waals surface area (Å²) in [4.78, 5) is 17.7. The predicted octanol–water partition coefficient (Wildman–Crippen LogP) is 6.58. The number of hydrogen-bond acceptors (Lipinski definition) is 7. The average molecular weight is 598 g/mol. The molecule has 6 nitrogen and oxygen atoms in total. The summed E-state index contributed by atoms with van der Waals surface area (Å²) in [6.07, 6.45) is 13.7. The summed E-state index contributed by atoms with van der Waals surface area (Å²) >= 11 is 1.68. The van der Waals surface area contributed by atoms with E-state index < -0.39 is 18.1 Å². The molecule has 4 saturated carbocycles. The second kappa shape index (κ2) is 12.7. The van der Waals surface area contributed by atoms with Crippen molar-refractivity contribution in [1.82, 2.24) is 4.98 Å². The van der Waals surface area contributed by atoms with Gasteiger partial charge in [0.1, 0.15) is 11.1 Å². The summed E-state index contributed by atoms with van der Waals surface area (Å²) in [5.74, 6) is 0.838. The van der Waals surface area contributed by atoms with Gasteiger partial charge in [0.15, 0.2) is 0 Å². The Morgan fingerprint density at radius 1 is 1.21 bits per heavy atom. The molecule has 4 aliphatic rings. The van der Waals surface area contributed by atoms with Crippen molar-refractivity contribution < 1.29 is 24.9 Å². The molecule has 0 radical (unpaired) electrons. The maximum atomic E-state index is 12.9. The Balaban J connectivity index is 1.29. The van der Waals surface area contributed by atoms with Crippen LogP contribution in [-0.4, -0.2) is 51.2 Å². The molecule has 4 fully saturated rings. The number of allylic oxidation sites excluding steroid dienone is 3. The summed E-state index contributed by atoms with van der Waals surface area (Å²) in [5, 5.41) is 33.2. The van der Waals surface area contributed by atoms with E-state index in [1.807, 2.05) is 6.92 Å². The number of fused-ring (bicyclic) bond motifs is 1. The molecule has 0 amide bonds. The number of ether oxygens (including phenoxy) is 1. The van der Waals surface area contributed by atoms with E-state index in [0.29, 0.717) is 30.6 Å². The highest BCUT2D eigenvalue weighted by Crippen LogP contribution is 2.60. The topological polar surface area (TPSA) is 99.9 Å². The minimum absolute atomic E-state index is 0.176. The fourth-order valence-electron chi connectivity index (χ4n) is 8.46. The molecule has 42 heavy (non-hydrogen) atoms. The quantitative estimate of drug-likeness (QED) is 0.264. The molecular weight excluding hydrogens is 546 g/mol. The SMILES string of the molecule is C=C1C(=CC=C2CCC[C@]3(C)[C@@H]([C@H](C)CC[C@H](OC(=O)C(C)CO)C4(c5nc(C)cs5)CC4)CC[C@@H]23)C[C@@H](O)C[C@@H]1O. The van der Waals surface area contributed by atoms with Gasteiger partial charge in [-0.15, -0.1) is 11.3 Å². The zero-order valence-electron chi connectivity index (χ0n) is 26.0. The largest absolute Gasteiger partial charge is 0.461 e. The third-order valence-corrected chi connectivity index (χ3v) is 12.4. The number of nitrogens with zero attached hydrogens (tertiary/aromatic N) is 1. The molecule has 7 heteroatoms. The smallest absolute Gasteiger partial charge is 0.311 e. The van der Waals surface area contributed by atoms with Gasteiger partial charge in [-0.25, -0.2) is 4.98 Å². The predicted molar refractivity (Wildman–Crippen MR) is 167 cm³/mol. The van der Waals surface area contributed by atoms with Crippen LogP contribution >= 0.6 is 11.3 Å². The Hall–Kier alpha value is -1.80. The highest BCUT2D eigenvalue weighted by molar-refractivity contribution is 7.09. The molecule has 0 spiro atoms. The van der Waals surface area contributed by atoms with Gasteiger partial charge in [-0.2, -0.15) is 0 Å². The van der Waals surface area contributed by atoms with Crippen LogP contribution in [0.2, 0.25) is 0 Å². The van der Waals surface area contributed by atoms with Crippen molar-refractivity contribution in [1.29, 1.82) is 0 Å². The maximum absolute atomic E-state index is 12.9. The molecule has 0 bridgehead atoms. The number of hydrogen-bond donors (Lipinski definition) is 3. The van der Waals surface area contributed by atoms with E-state index in [1.54, 1.807) is 18.3 Å². The van der Waals surface area contributed by atoms with Crippen molar-refractivity contribution in [2.45, 2.75) is 122 Å². The Labute approximate surface area is 256 Å². The second-order valence-corrected chi connectivity index (χ2v) is 15.0. The van der Waals surface area contributed by atoms with Gasteiger partial charge < -0.3 is 20.1 Å². The standard InChI is InChI=1S/C35H51NO5S/c1-21(8-13-31(41-32(40)22(2)19-37)35(15-16-35)33-36-23(3)20-42-33)28-11-12-29-25(7-6-14-34(28,29)5)9-10-26-17-27(38)18-30(39)24(26)4/h9-10,20-22,27-31,37-39H,4,6-8,11-19H2,1-3,5H3/t21-,22?,27-,28-,29+,30+,31+,34-/m1/s1. The first kappa shape index (κ1) is 31.6. The van der Waals surface area contributed by atoms with E-state index in [1.165, 1.54) is 31.3 Å². The maximum Gasteiger partial charge on any atom is 0.311 e. The molecule has 1 heterocycles. The van der Waals surface area contributed by atoms with Crippen LogP contribution in [0.1, 0.15) is 102 Å².